The Hall–Kier alpha value is -4.04. The van der Waals surface area contributed by atoms with E-state index < -0.39 is 14.5 Å². The average molecular weight is 569 g/mol. The van der Waals surface area contributed by atoms with Gasteiger partial charge in [0.25, 0.3) is 0 Å². The van der Waals surface area contributed by atoms with Gasteiger partial charge in [0.05, 0.1) is 10.6 Å². The van der Waals surface area contributed by atoms with Gasteiger partial charge >= 0.3 is 7.37 Å². The fraction of sp³-hybridized carbons (Fsp3) is 0.0909. The normalized spacial score (nSPS) is 11.5. The van der Waals surface area contributed by atoms with Gasteiger partial charge in [-0.25, -0.2) is 0 Å². The highest BCUT2D eigenvalue weighted by atomic mass is 31.2. The van der Waals surface area contributed by atoms with Crippen molar-refractivity contribution in [3.8, 4) is 17.2 Å². The summed E-state index contributed by atoms with van der Waals surface area (Å²) in [6.45, 7) is 0. The van der Waals surface area contributed by atoms with Crippen molar-refractivity contribution in [1.29, 1.82) is 0 Å². The first-order valence-corrected chi connectivity index (χ1v) is 16.8. The summed E-state index contributed by atoms with van der Waals surface area (Å²) in [4.78, 5) is 0. The van der Waals surface area contributed by atoms with Gasteiger partial charge in [0, 0.05) is 11.7 Å². The zero-order valence-electron chi connectivity index (χ0n) is 21.9. The second-order valence-electron chi connectivity index (χ2n) is 9.31. The third-order valence-electron chi connectivity index (χ3n) is 6.27. The van der Waals surface area contributed by atoms with Gasteiger partial charge in [-0.2, -0.15) is 0 Å². The van der Waals surface area contributed by atoms with Crippen LogP contribution in [0.1, 0.15) is 5.56 Å². The van der Waals surface area contributed by atoms with E-state index in [1.807, 2.05) is 140 Å². The highest BCUT2D eigenvalue weighted by molar-refractivity contribution is 7.74. The van der Waals surface area contributed by atoms with Gasteiger partial charge in [-0.3, -0.25) is 4.57 Å². The SMILES string of the molecule is O=P(COc1ccccc1)(COc1ccccc1)Cc1ccccc1OP(=O)(c1ccccc1)c1ccccc1. The lowest BCUT2D eigenvalue weighted by Crippen LogP contribution is -2.20. The van der Waals surface area contributed by atoms with E-state index in [0.29, 0.717) is 33.4 Å². The fourth-order valence-corrected chi connectivity index (χ4v) is 8.22. The molecule has 0 aliphatic rings. The smallest absolute Gasteiger partial charge is 0.306 e. The highest BCUT2D eigenvalue weighted by Gasteiger charge is 2.32. The topological polar surface area (TPSA) is 61.8 Å². The Balaban J connectivity index is 1.46. The van der Waals surface area contributed by atoms with Crippen molar-refractivity contribution in [1.82, 2.24) is 0 Å². The van der Waals surface area contributed by atoms with Gasteiger partial charge in [0.15, 0.2) is 7.14 Å². The molecule has 5 aromatic rings. The molecule has 0 aromatic heterocycles. The van der Waals surface area contributed by atoms with Crippen molar-refractivity contribution in [2.75, 3.05) is 12.7 Å². The Morgan fingerprint density at radius 3 is 1.35 bits per heavy atom. The molecule has 202 valence electrons. The zero-order chi connectivity index (χ0) is 27.7. The number of hydrogen-bond acceptors (Lipinski definition) is 5. The van der Waals surface area contributed by atoms with Crippen LogP contribution in [0.25, 0.3) is 0 Å². The summed E-state index contributed by atoms with van der Waals surface area (Å²) in [6.07, 6.45) is 0.104. The van der Waals surface area contributed by atoms with Crippen LogP contribution in [-0.4, -0.2) is 12.7 Å². The lowest BCUT2D eigenvalue weighted by molar-refractivity contribution is 0.344. The Labute approximate surface area is 235 Å². The summed E-state index contributed by atoms with van der Waals surface area (Å²) < 4.78 is 47.4. The van der Waals surface area contributed by atoms with Crippen LogP contribution in [0.15, 0.2) is 146 Å². The molecule has 0 radical (unpaired) electrons. The second-order valence-corrected chi connectivity index (χ2v) is 14.6. The zero-order valence-corrected chi connectivity index (χ0v) is 23.7. The number of rotatable bonds is 12. The number of benzene rings is 5. The standard InChI is InChI=1S/C33H30O5P2/c34-39(26-36-29-16-5-1-6-17-29,27-37-30-18-7-2-8-19-30)25-28-15-13-14-24-33(28)38-40(35,31-20-9-3-10-21-31)32-22-11-4-12-23-32/h1-24H,25-27H2. The van der Waals surface area contributed by atoms with Gasteiger partial charge < -0.3 is 18.6 Å². The predicted octanol–water partition coefficient (Wildman–Crippen LogP) is 7.93. The van der Waals surface area contributed by atoms with Gasteiger partial charge in [-0.1, -0.05) is 91.0 Å². The molecule has 0 spiro atoms. The van der Waals surface area contributed by atoms with Crippen LogP contribution in [0.2, 0.25) is 0 Å². The molecule has 0 aliphatic heterocycles. The molecule has 0 unspecified atom stereocenters. The molecule has 0 atom stereocenters. The molecule has 5 rings (SSSR count). The lowest BCUT2D eigenvalue weighted by atomic mass is 10.2. The summed E-state index contributed by atoms with van der Waals surface area (Å²) in [5, 5.41) is 1.16. The summed E-state index contributed by atoms with van der Waals surface area (Å²) in [5.41, 5.74) is 0.672. The van der Waals surface area contributed by atoms with Crippen LogP contribution in [0, 0.1) is 0 Å². The molecular weight excluding hydrogens is 538 g/mol. The van der Waals surface area contributed by atoms with E-state index in [1.54, 1.807) is 6.07 Å². The molecule has 0 aliphatic carbocycles. The quantitative estimate of drug-likeness (QED) is 0.143. The van der Waals surface area contributed by atoms with E-state index in [1.165, 1.54) is 0 Å². The van der Waals surface area contributed by atoms with Crippen LogP contribution < -0.4 is 24.6 Å². The van der Waals surface area contributed by atoms with Gasteiger partial charge in [-0.05, 0) is 54.6 Å². The maximum atomic E-state index is 14.6. The lowest BCUT2D eigenvalue weighted by Gasteiger charge is -2.24. The highest BCUT2D eigenvalue weighted by Crippen LogP contribution is 2.53. The minimum atomic E-state index is -3.52. The molecule has 0 fully saturated rings. The number of ether oxygens (including phenoxy) is 2. The minimum Gasteiger partial charge on any atom is -0.486 e. The van der Waals surface area contributed by atoms with Crippen molar-refractivity contribution in [3.05, 3.63) is 151 Å². The molecule has 0 amide bonds. The first-order chi connectivity index (χ1) is 19.5. The second kappa shape index (κ2) is 12.9. The van der Waals surface area contributed by atoms with Crippen molar-refractivity contribution >= 4 is 25.1 Å². The molecule has 5 nitrogen and oxygen atoms in total. The first kappa shape index (κ1) is 27.5. The summed E-state index contributed by atoms with van der Waals surface area (Å²) >= 11 is 0. The average Bonchev–Trinajstić information content (AvgIpc) is 3.02. The van der Waals surface area contributed by atoms with E-state index in [4.69, 9.17) is 14.0 Å². The predicted molar refractivity (Wildman–Crippen MR) is 162 cm³/mol. The largest absolute Gasteiger partial charge is 0.486 e. The van der Waals surface area contributed by atoms with Crippen LogP contribution in [0.4, 0.5) is 0 Å². The van der Waals surface area contributed by atoms with E-state index in [0.717, 1.165) is 0 Å². The first-order valence-electron chi connectivity index (χ1n) is 13.0. The number of para-hydroxylation sites is 3. The van der Waals surface area contributed by atoms with Crippen molar-refractivity contribution < 1.29 is 23.1 Å². The maximum Gasteiger partial charge on any atom is 0.306 e. The summed E-state index contributed by atoms with van der Waals surface area (Å²) in [6, 6.07) is 44.3. The summed E-state index contributed by atoms with van der Waals surface area (Å²) in [5.74, 6) is 1.67. The molecule has 40 heavy (non-hydrogen) atoms. The van der Waals surface area contributed by atoms with Crippen LogP contribution in [-0.2, 0) is 15.3 Å². The van der Waals surface area contributed by atoms with Crippen molar-refractivity contribution in [2.45, 2.75) is 6.16 Å². The Kier molecular flexibility index (Phi) is 8.86. The molecule has 0 saturated carbocycles. The van der Waals surface area contributed by atoms with E-state index in [-0.39, 0.29) is 18.9 Å². The van der Waals surface area contributed by atoms with Crippen LogP contribution in [0.5, 0.6) is 17.2 Å². The Bertz CT molecular complexity index is 1500. The molecule has 0 saturated heterocycles. The van der Waals surface area contributed by atoms with E-state index in [9.17, 15) is 9.13 Å². The molecule has 0 bridgehead atoms. The fourth-order valence-electron chi connectivity index (χ4n) is 4.22. The van der Waals surface area contributed by atoms with Crippen molar-refractivity contribution in [2.24, 2.45) is 0 Å². The molecule has 0 heterocycles. The van der Waals surface area contributed by atoms with Crippen LogP contribution >= 0.6 is 14.5 Å². The molecule has 0 N–H and O–H groups in total. The molecule has 7 heteroatoms. The maximum absolute atomic E-state index is 14.6. The monoisotopic (exact) mass is 568 g/mol. The van der Waals surface area contributed by atoms with Crippen molar-refractivity contribution in [3.63, 3.8) is 0 Å². The Morgan fingerprint density at radius 1 is 0.475 bits per heavy atom. The van der Waals surface area contributed by atoms with Gasteiger partial charge in [0.1, 0.15) is 29.9 Å². The van der Waals surface area contributed by atoms with Gasteiger partial charge in [0.2, 0.25) is 0 Å². The Morgan fingerprint density at radius 2 is 0.875 bits per heavy atom. The summed E-state index contributed by atoms with van der Waals surface area (Å²) in [7, 11) is -6.64. The third-order valence-corrected chi connectivity index (χ3v) is 10.8. The van der Waals surface area contributed by atoms with E-state index >= 15 is 0 Å². The van der Waals surface area contributed by atoms with Gasteiger partial charge in [-0.15, -0.1) is 0 Å². The third kappa shape index (κ3) is 6.93. The minimum absolute atomic E-state index is 0.0206. The molecule has 5 aromatic carbocycles. The van der Waals surface area contributed by atoms with E-state index in [2.05, 4.69) is 0 Å². The van der Waals surface area contributed by atoms with Crippen LogP contribution in [0.3, 0.4) is 0 Å². The number of hydrogen-bond donors (Lipinski definition) is 0. The molecular formula is C33H30O5P2.